The Morgan fingerprint density at radius 1 is 0.880 bits per heavy atom. The summed E-state index contributed by atoms with van der Waals surface area (Å²) >= 11 is 3.36. The average Bonchev–Trinajstić information content (AvgIpc) is 2.63. The van der Waals surface area contributed by atoms with Gasteiger partial charge in [0.25, 0.3) is 0 Å². The highest BCUT2D eigenvalue weighted by Crippen LogP contribution is 2.22. The maximum absolute atomic E-state index is 12.0. The summed E-state index contributed by atoms with van der Waals surface area (Å²) in [6, 6.07) is 24.6. The topological polar surface area (TPSA) is 38.3 Å². The van der Waals surface area contributed by atoms with Crippen LogP contribution in [0.25, 0.3) is 6.08 Å². The first kappa shape index (κ1) is 17.0. The maximum atomic E-state index is 12.0. The predicted molar refractivity (Wildman–Crippen MR) is 105 cm³/mol. The number of para-hydroxylation sites is 1. The van der Waals surface area contributed by atoms with Gasteiger partial charge in [-0.25, -0.2) is 0 Å². The lowest BCUT2D eigenvalue weighted by Gasteiger charge is -2.06. The summed E-state index contributed by atoms with van der Waals surface area (Å²) in [5.41, 5.74) is 1.64. The molecule has 0 heterocycles. The first-order valence-corrected chi connectivity index (χ1v) is 8.56. The van der Waals surface area contributed by atoms with E-state index in [1.54, 1.807) is 6.08 Å². The summed E-state index contributed by atoms with van der Waals surface area (Å²) in [5, 5.41) is 2.82. The van der Waals surface area contributed by atoms with E-state index in [-0.39, 0.29) is 5.91 Å². The molecule has 0 bridgehead atoms. The van der Waals surface area contributed by atoms with Crippen LogP contribution in [0.3, 0.4) is 0 Å². The minimum absolute atomic E-state index is 0.184. The number of rotatable bonds is 5. The van der Waals surface area contributed by atoms with Crippen LogP contribution < -0.4 is 10.1 Å². The van der Waals surface area contributed by atoms with Crippen molar-refractivity contribution in [2.24, 2.45) is 0 Å². The zero-order valence-corrected chi connectivity index (χ0v) is 14.9. The molecule has 0 aliphatic heterocycles. The summed E-state index contributed by atoms with van der Waals surface area (Å²) in [6.07, 6.45) is 3.26. The Bertz CT molecular complexity index is 874. The number of nitrogens with one attached hydrogen (secondary N) is 1. The van der Waals surface area contributed by atoms with Gasteiger partial charge in [0.2, 0.25) is 5.91 Å². The quantitative estimate of drug-likeness (QED) is 0.548. The van der Waals surface area contributed by atoms with Crippen molar-refractivity contribution in [3.8, 4) is 11.5 Å². The Hall–Kier alpha value is -2.85. The molecule has 4 heteroatoms. The van der Waals surface area contributed by atoms with E-state index in [1.807, 2.05) is 78.9 Å². The van der Waals surface area contributed by atoms with E-state index >= 15 is 0 Å². The van der Waals surface area contributed by atoms with E-state index in [4.69, 9.17) is 4.74 Å². The Morgan fingerprint density at radius 3 is 2.36 bits per heavy atom. The number of anilines is 1. The molecule has 1 N–H and O–H groups in total. The van der Waals surface area contributed by atoms with Crippen LogP contribution >= 0.6 is 15.9 Å². The number of hydrogen-bond donors (Lipinski definition) is 1. The fourth-order valence-corrected chi connectivity index (χ4v) is 2.46. The van der Waals surface area contributed by atoms with Crippen molar-refractivity contribution >= 4 is 33.6 Å². The Labute approximate surface area is 155 Å². The van der Waals surface area contributed by atoms with Crippen molar-refractivity contribution in [3.05, 3.63) is 95.0 Å². The molecule has 25 heavy (non-hydrogen) atoms. The molecule has 3 nitrogen and oxygen atoms in total. The molecule has 124 valence electrons. The summed E-state index contributed by atoms with van der Waals surface area (Å²) < 4.78 is 6.76. The highest BCUT2D eigenvalue weighted by Gasteiger charge is 2.00. The van der Waals surface area contributed by atoms with Crippen LogP contribution in [0, 0.1) is 0 Å². The molecule has 0 aromatic heterocycles. The number of halogens is 1. The first-order chi connectivity index (χ1) is 12.2. The van der Waals surface area contributed by atoms with Crippen molar-refractivity contribution in [2.75, 3.05) is 5.32 Å². The average molecular weight is 394 g/mol. The number of benzene rings is 3. The second-order valence-corrected chi connectivity index (χ2v) is 6.23. The molecule has 0 atom stereocenters. The van der Waals surface area contributed by atoms with Crippen molar-refractivity contribution < 1.29 is 9.53 Å². The van der Waals surface area contributed by atoms with E-state index in [0.29, 0.717) is 0 Å². The zero-order chi connectivity index (χ0) is 17.5. The van der Waals surface area contributed by atoms with Gasteiger partial charge in [-0.3, -0.25) is 4.79 Å². The standard InChI is InChI=1S/C21H16BrNO2/c22-17-10-12-18(13-11-17)23-21(24)14-9-16-5-4-8-20(15-16)25-19-6-2-1-3-7-19/h1-15H,(H,23,24)/b14-9+. The van der Waals surface area contributed by atoms with Crippen LogP contribution in [-0.2, 0) is 4.79 Å². The van der Waals surface area contributed by atoms with Gasteiger partial charge in [0.1, 0.15) is 11.5 Å². The molecule has 0 fully saturated rings. The number of hydrogen-bond acceptors (Lipinski definition) is 2. The maximum Gasteiger partial charge on any atom is 0.248 e. The van der Waals surface area contributed by atoms with Gasteiger partial charge in [-0.05, 0) is 60.2 Å². The SMILES string of the molecule is O=C(/C=C/c1cccc(Oc2ccccc2)c1)Nc1ccc(Br)cc1. The molecule has 3 rings (SSSR count). The number of amides is 1. The molecule has 1 amide bonds. The van der Waals surface area contributed by atoms with E-state index in [1.165, 1.54) is 6.08 Å². The van der Waals surface area contributed by atoms with E-state index in [2.05, 4.69) is 21.2 Å². The number of ether oxygens (including phenoxy) is 1. The third-order valence-corrected chi connectivity index (χ3v) is 3.90. The number of carbonyl (C=O) groups excluding carboxylic acids is 1. The predicted octanol–water partition coefficient (Wildman–Crippen LogP) is 5.89. The van der Waals surface area contributed by atoms with Crippen molar-refractivity contribution in [1.82, 2.24) is 0 Å². The minimum Gasteiger partial charge on any atom is -0.457 e. The molecule has 0 aliphatic carbocycles. The third kappa shape index (κ3) is 5.33. The van der Waals surface area contributed by atoms with Gasteiger partial charge in [0.05, 0.1) is 0 Å². The van der Waals surface area contributed by atoms with Gasteiger partial charge in [0.15, 0.2) is 0 Å². The van der Waals surface area contributed by atoms with Gasteiger partial charge in [-0.2, -0.15) is 0 Å². The van der Waals surface area contributed by atoms with E-state index < -0.39 is 0 Å². The molecule has 3 aromatic carbocycles. The van der Waals surface area contributed by atoms with Gasteiger partial charge in [-0.15, -0.1) is 0 Å². The summed E-state index contributed by atoms with van der Waals surface area (Å²) in [5.74, 6) is 1.31. The lowest BCUT2D eigenvalue weighted by Crippen LogP contribution is -2.07. The van der Waals surface area contributed by atoms with Gasteiger partial charge in [-0.1, -0.05) is 46.3 Å². The van der Waals surface area contributed by atoms with Crippen molar-refractivity contribution in [1.29, 1.82) is 0 Å². The molecule has 0 saturated heterocycles. The van der Waals surface area contributed by atoms with Crippen LogP contribution in [-0.4, -0.2) is 5.91 Å². The van der Waals surface area contributed by atoms with Crippen molar-refractivity contribution in [2.45, 2.75) is 0 Å². The summed E-state index contributed by atoms with van der Waals surface area (Å²) in [4.78, 5) is 12.0. The number of carbonyl (C=O) groups is 1. The van der Waals surface area contributed by atoms with Crippen LogP contribution in [0.1, 0.15) is 5.56 Å². The molecule has 0 unspecified atom stereocenters. The normalized spacial score (nSPS) is 10.6. The minimum atomic E-state index is -0.184. The molecule has 0 saturated carbocycles. The van der Waals surface area contributed by atoms with Crippen LogP contribution in [0.5, 0.6) is 11.5 Å². The molecule has 0 radical (unpaired) electrons. The lowest BCUT2D eigenvalue weighted by atomic mass is 10.2. The molecule has 0 spiro atoms. The van der Waals surface area contributed by atoms with E-state index in [0.717, 1.165) is 27.2 Å². The molecular formula is C21H16BrNO2. The Kier molecular flexibility index (Phi) is 5.65. The highest BCUT2D eigenvalue weighted by atomic mass is 79.9. The largest absolute Gasteiger partial charge is 0.457 e. The van der Waals surface area contributed by atoms with Crippen molar-refractivity contribution in [3.63, 3.8) is 0 Å². The molecular weight excluding hydrogens is 378 g/mol. The zero-order valence-electron chi connectivity index (χ0n) is 13.4. The van der Waals surface area contributed by atoms with Gasteiger partial charge in [0, 0.05) is 16.2 Å². The third-order valence-electron chi connectivity index (χ3n) is 3.38. The Balaban J connectivity index is 1.63. The first-order valence-electron chi connectivity index (χ1n) is 7.77. The summed E-state index contributed by atoms with van der Waals surface area (Å²) in [7, 11) is 0. The van der Waals surface area contributed by atoms with Crippen LogP contribution in [0.2, 0.25) is 0 Å². The monoisotopic (exact) mass is 393 g/mol. The highest BCUT2D eigenvalue weighted by molar-refractivity contribution is 9.10. The fraction of sp³-hybridized carbons (Fsp3) is 0. The van der Waals surface area contributed by atoms with Gasteiger partial charge < -0.3 is 10.1 Å². The lowest BCUT2D eigenvalue weighted by molar-refractivity contribution is -0.111. The van der Waals surface area contributed by atoms with Crippen LogP contribution in [0.4, 0.5) is 5.69 Å². The second-order valence-electron chi connectivity index (χ2n) is 5.32. The summed E-state index contributed by atoms with van der Waals surface area (Å²) in [6.45, 7) is 0. The van der Waals surface area contributed by atoms with E-state index in [9.17, 15) is 4.79 Å². The smallest absolute Gasteiger partial charge is 0.248 e. The molecule has 0 aliphatic rings. The second kappa shape index (κ2) is 8.31. The fourth-order valence-electron chi connectivity index (χ4n) is 2.20. The Morgan fingerprint density at radius 2 is 1.60 bits per heavy atom. The van der Waals surface area contributed by atoms with Gasteiger partial charge >= 0.3 is 0 Å². The molecule has 3 aromatic rings. The van der Waals surface area contributed by atoms with Crippen LogP contribution in [0.15, 0.2) is 89.4 Å².